The van der Waals surface area contributed by atoms with Gasteiger partial charge in [0.25, 0.3) is 0 Å². The second kappa shape index (κ2) is 15.2. The molecule has 11 nitrogen and oxygen atoms in total. The first-order valence-electron chi connectivity index (χ1n) is 13.0. The smallest absolute Gasteiger partial charge is 0.326 e. The first-order chi connectivity index (χ1) is 19.7. The Bertz CT molecular complexity index is 1300. The fraction of sp³-hybridized carbons (Fsp3) is 0.267. The molecule has 0 aliphatic carbocycles. The highest BCUT2D eigenvalue weighted by Gasteiger charge is 2.30. The van der Waals surface area contributed by atoms with Gasteiger partial charge in [-0.15, -0.1) is 0 Å². The van der Waals surface area contributed by atoms with Gasteiger partial charge >= 0.3 is 5.97 Å². The van der Waals surface area contributed by atoms with Crippen molar-refractivity contribution in [2.45, 2.75) is 43.4 Å². The van der Waals surface area contributed by atoms with Crippen molar-refractivity contribution in [1.29, 1.82) is 0 Å². The van der Waals surface area contributed by atoms with Crippen molar-refractivity contribution in [3.8, 4) is 5.75 Å². The number of aliphatic carboxylic acids is 1. The van der Waals surface area contributed by atoms with E-state index in [1.54, 1.807) is 72.8 Å². The minimum absolute atomic E-state index is 0.000379. The van der Waals surface area contributed by atoms with Gasteiger partial charge in [-0.3, -0.25) is 14.4 Å². The molecule has 3 rings (SSSR count). The van der Waals surface area contributed by atoms with Gasteiger partial charge in [0, 0.05) is 12.8 Å². The number of nitrogens with two attached hydrogens (primary N) is 1. The molecule has 0 saturated heterocycles. The molecule has 0 spiro atoms. The second-order valence-electron chi connectivity index (χ2n) is 9.56. The molecule has 3 aromatic rings. The van der Waals surface area contributed by atoms with Crippen LogP contribution in [-0.4, -0.2) is 69.8 Å². The van der Waals surface area contributed by atoms with Crippen LogP contribution in [0.3, 0.4) is 0 Å². The number of aliphatic hydroxyl groups is 1. The van der Waals surface area contributed by atoms with E-state index in [9.17, 15) is 34.5 Å². The lowest BCUT2D eigenvalue weighted by atomic mass is 10.0. The van der Waals surface area contributed by atoms with Crippen LogP contribution < -0.4 is 21.7 Å². The number of phenols is 1. The summed E-state index contributed by atoms with van der Waals surface area (Å²) in [6.45, 7) is -0.804. The normalized spacial score (nSPS) is 13.7. The van der Waals surface area contributed by atoms with Gasteiger partial charge < -0.3 is 37.0 Å². The minimum Gasteiger partial charge on any atom is -0.508 e. The van der Waals surface area contributed by atoms with E-state index in [4.69, 9.17) is 5.73 Å². The van der Waals surface area contributed by atoms with E-state index in [0.29, 0.717) is 11.1 Å². The zero-order chi connectivity index (χ0) is 29.8. The molecule has 0 saturated carbocycles. The number of amides is 3. The van der Waals surface area contributed by atoms with Gasteiger partial charge in [-0.2, -0.15) is 0 Å². The van der Waals surface area contributed by atoms with E-state index in [2.05, 4.69) is 16.0 Å². The summed E-state index contributed by atoms with van der Waals surface area (Å²) in [5.74, 6) is -3.47. The van der Waals surface area contributed by atoms with Gasteiger partial charge in [-0.25, -0.2) is 4.79 Å². The monoisotopic (exact) mass is 562 g/mol. The first-order valence-corrected chi connectivity index (χ1v) is 13.0. The van der Waals surface area contributed by atoms with E-state index in [0.717, 1.165) is 5.56 Å². The summed E-state index contributed by atoms with van der Waals surface area (Å²) >= 11 is 0. The van der Waals surface area contributed by atoms with Crippen LogP contribution in [-0.2, 0) is 38.4 Å². The topological polar surface area (TPSA) is 191 Å². The molecule has 0 radical (unpaired) electrons. The number of hydrogen-bond acceptors (Lipinski definition) is 7. The van der Waals surface area contributed by atoms with Crippen molar-refractivity contribution in [2.75, 3.05) is 6.61 Å². The van der Waals surface area contributed by atoms with Crippen LogP contribution in [0.1, 0.15) is 16.7 Å². The Balaban J connectivity index is 1.69. The Morgan fingerprint density at radius 1 is 0.610 bits per heavy atom. The molecule has 0 fully saturated rings. The van der Waals surface area contributed by atoms with Gasteiger partial charge in [0.2, 0.25) is 17.7 Å². The predicted octanol–water partition coefficient (Wildman–Crippen LogP) is 0.279. The molecule has 4 atom stereocenters. The molecule has 0 aliphatic heterocycles. The Kier molecular flexibility index (Phi) is 11.4. The number of carbonyl (C=O) groups excluding carboxylic acids is 3. The minimum atomic E-state index is -1.47. The SMILES string of the molecule is NC(Cc1ccc(O)cc1)C(=O)NC(Cc1ccccc1)C(=O)NC(CO)C(=O)NC(Cc1ccccc1)C(=O)O. The Morgan fingerprint density at radius 2 is 1.05 bits per heavy atom. The number of aliphatic hydroxyl groups excluding tert-OH is 1. The molecule has 8 N–H and O–H groups in total. The average molecular weight is 563 g/mol. The Morgan fingerprint density at radius 3 is 1.56 bits per heavy atom. The summed E-state index contributed by atoms with van der Waals surface area (Å²) < 4.78 is 0. The number of aromatic hydroxyl groups is 1. The fourth-order valence-electron chi connectivity index (χ4n) is 4.11. The van der Waals surface area contributed by atoms with E-state index >= 15 is 0 Å². The van der Waals surface area contributed by atoms with Crippen molar-refractivity contribution in [2.24, 2.45) is 5.73 Å². The van der Waals surface area contributed by atoms with Crippen LogP contribution in [0.4, 0.5) is 0 Å². The maximum Gasteiger partial charge on any atom is 0.326 e. The van der Waals surface area contributed by atoms with Crippen LogP contribution in [0.25, 0.3) is 0 Å². The molecule has 11 heteroatoms. The zero-order valence-corrected chi connectivity index (χ0v) is 22.3. The van der Waals surface area contributed by atoms with Crippen molar-refractivity contribution < 1.29 is 34.5 Å². The number of rotatable bonds is 14. The van der Waals surface area contributed by atoms with Gasteiger partial charge in [0.15, 0.2) is 0 Å². The molecule has 0 heterocycles. The maximum atomic E-state index is 13.3. The van der Waals surface area contributed by atoms with Gasteiger partial charge in [0.1, 0.15) is 23.9 Å². The summed E-state index contributed by atoms with van der Waals surface area (Å²) in [7, 11) is 0. The maximum absolute atomic E-state index is 13.3. The highest BCUT2D eigenvalue weighted by molar-refractivity contribution is 5.94. The summed E-state index contributed by atoms with van der Waals surface area (Å²) in [5, 5.41) is 36.3. The van der Waals surface area contributed by atoms with Crippen molar-refractivity contribution >= 4 is 23.7 Å². The second-order valence-corrected chi connectivity index (χ2v) is 9.56. The van der Waals surface area contributed by atoms with Crippen LogP contribution in [0.2, 0.25) is 0 Å². The van der Waals surface area contributed by atoms with Gasteiger partial charge in [-0.1, -0.05) is 72.8 Å². The van der Waals surface area contributed by atoms with Crippen LogP contribution >= 0.6 is 0 Å². The molecule has 0 aliphatic rings. The molecule has 0 bridgehead atoms. The zero-order valence-electron chi connectivity index (χ0n) is 22.3. The largest absolute Gasteiger partial charge is 0.508 e. The molecular weight excluding hydrogens is 528 g/mol. The van der Waals surface area contributed by atoms with Crippen molar-refractivity contribution in [1.82, 2.24) is 16.0 Å². The standard InChI is InChI=1S/C30H34N4O7/c31-23(15-21-11-13-22(36)14-12-21)27(37)32-24(16-19-7-3-1-4-8-19)28(38)34-26(18-35)29(39)33-25(30(40)41)17-20-9-5-2-6-10-20/h1-14,23-26,35-36H,15-18,31H2,(H,32,37)(H,33,39)(H,34,38)(H,40,41). The number of carboxylic acids is 1. The number of nitrogens with one attached hydrogen (secondary N) is 3. The van der Waals surface area contributed by atoms with E-state index < -0.39 is 54.5 Å². The van der Waals surface area contributed by atoms with E-state index in [-0.39, 0.29) is 25.0 Å². The third-order valence-electron chi connectivity index (χ3n) is 6.36. The van der Waals surface area contributed by atoms with Gasteiger partial charge in [-0.05, 0) is 35.2 Å². The average Bonchev–Trinajstić information content (AvgIpc) is 2.97. The van der Waals surface area contributed by atoms with Crippen molar-refractivity contribution in [3.05, 3.63) is 102 Å². The van der Waals surface area contributed by atoms with Crippen molar-refractivity contribution in [3.63, 3.8) is 0 Å². The van der Waals surface area contributed by atoms with E-state index in [1.165, 1.54) is 12.1 Å². The van der Waals surface area contributed by atoms with E-state index in [1.807, 2.05) is 0 Å². The third-order valence-corrected chi connectivity index (χ3v) is 6.36. The quantitative estimate of drug-likeness (QED) is 0.146. The first kappa shape index (κ1) is 30.8. The predicted molar refractivity (Wildman–Crippen MR) is 151 cm³/mol. The van der Waals surface area contributed by atoms with Crippen LogP contribution in [0.5, 0.6) is 5.75 Å². The summed E-state index contributed by atoms with van der Waals surface area (Å²) in [6, 6.07) is 18.8. The number of hydrogen-bond donors (Lipinski definition) is 7. The summed E-state index contributed by atoms with van der Waals surface area (Å²) in [4.78, 5) is 50.9. The highest BCUT2D eigenvalue weighted by Crippen LogP contribution is 2.11. The number of carboxylic acid groups (broad SMARTS) is 1. The molecule has 3 aromatic carbocycles. The number of phenolic OH excluding ortho intramolecular Hbond substituents is 1. The lowest BCUT2D eigenvalue weighted by molar-refractivity contribution is -0.142. The lowest BCUT2D eigenvalue weighted by Gasteiger charge is -2.24. The molecule has 3 amide bonds. The lowest BCUT2D eigenvalue weighted by Crippen LogP contribution is -2.58. The van der Waals surface area contributed by atoms with Crippen LogP contribution in [0, 0.1) is 0 Å². The third kappa shape index (κ3) is 9.75. The summed E-state index contributed by atoms with van der Waals surface area (Å²) in [6.07, 6.45) is 0.209. The Hall–Kier alpha value is -4.74. The molecule has 4 unspecified atom stereocenters. The van der Waals surface area contributed by atoms with Gasteiger partial charge in [0.05, 0.1) is 12.6 Å². The summed E-state index contributed by atoms with van der Waals surface area (Å²) in [5.41, 5.74) is 8.19. The molecule has 216 valence electrons. The number of carbonyl (C=O) groups is 4. The molecular formula is C30H34N4O7. The number of benzene rings is 3. The van der Waals surface area contributed by atoms with Crippen LogP contribution in [0.15, 0.2) is 84.9 Å². The highest BCUT2D eigenvalue weighted by atomic mass is 16.4. The Labute approximate surface area is 237 Å². The molecule has 0 aromatic heterocycles. The molecule has 41 heavy (non-hydrogen) atoms. The fourth-order valence-corrected chi connectivity index (χ4v) is 4.11.